The fourth-order valence-corrected chi connectivity index (χ4v) is 1.85. The topological polar surface area (TPSA) is 18.5 Å². The van der Waals surface area contributed by atoms with Gasteiger partial charge in [0.15, 0.2) is 6.29 Å². The van der Waals surface area contributed by atoms with Gasteiger partial charge in [0.2, 0.25) is 0 Å². The van der Waals surface area contributed by atoms with Gasteiger partial charge in [0.1, 0.15) is 0 Å². The number of rotatable bonds is 3. The van der Waals surface area contributed by atoms with Gasteiger partial charge in [-0.3, -0.25) is 0 Å². The van der Waals surface area contributed by atoms with Crippen LogP contribution in [0.3, 0.4) is 0 Å². The molecule has 0 aromatic carbocycles. The highest BCUT2D eigenvalue weighted by Crippen LogP contribution is 2.32. The molecule has 0 bridgehead atoms. The maximum absolute atomic E-state index is 5.98. The standard InChI is InChI=1S/C13H26O2/c1-10(2)9-14-12-8-6-7-11(15-12)13(3,4)5/h10-12H,6-9H2,1-5H3/t11-,12-/m0/s1. The predicted octanol–water partition coefficient (Wildman–Crippen LogP) is 3.60. The summed E-state index contributed by atoms with van der Waals surface area (Å²) in [4.78, 5) is 0. The summed E-state index contributed by atoms with van der Waals surface area (Å²) in [6.45, 7) is 11.9. The third-order valence-corrected chi connectivity index (χ3v) is 2.80. The number of hydrogen-bond acceptors (Lipinski definition) is 2. The zero-order chi connectivity index (χ0) is 11.5. The summed E-state index contributed by atoms with van der Waals surface area (Å²) >= 11 is 0. The molecule has 90 valence electrons. The molecule has 0 unspecified atom stereocenters. The lowest BCUT2D eigenvalue weighted by atomic mass is 9.85. The average molecular weight is 214 g/mol. The zero-order valence-electron chi connectivity index (χ0n) is 10.9. The first-order chi connectivity index (χ1) is 6.89. The lowest BCUT2D eigenvalue weighted by molar-refractivity contribution is -0.218. The summed E-state index contributed by atoms with van der Waals surface area (Å²) in [6, 6.07) is 0. The third-order valence-electron chi connectivity index (χ3n) is 2.80. The maximum atomic E-state index is 5.98. The Morgan fingerprint density at radius 2 is 1.93 bits per heavy atom. The molecule has 1 saturated heterocycles. The van der Waals surface area contributed by atoms with Crippen LogP contribution in [0.2, 0.25) is 0 Å². The van der Waals surface area contributed by atoms with Crippen molar-refractivity contribution in [2.75, 3.05) is 6.61 Å². The Bertz CT molecular complexity index is 181. The van der Waals surface area contributed by atoms with Crippen molar-refractivity contribution in [3.8, 4) is 0 Å². The largest absolute Gasteiger partial charge is 0.352 e. The van der Waals surface area contributed by atoms with Gasteiger partial charge in [-0.15, -0.1) is 0 Å². The van der Waals surface area contributed by atoms with E-state index in [0.29, 0.717) is 12.0 Å². The molecular formula is C13H26O2. The number of hydrogen-bond donors (Lipinski definition) is 0. The summed E-state index contributed by atoms with van der Waals surface area (Å²) in [5.41, 5.74) is 0.236. The van der Waals surface area contributed by atoms with Gasteiger partial charge in [-0.2, -0.15) is 0 Å². The number of ether oxygens (including phenoxy) is 2. The molecule has 0 amide bonds. The second kappa shape index (κ2) is 5.31. The predicted molar refractivity (Wildman–Crippen MR) is 62.8 cm³/mol. The molecule has 2 atom stereocenters. The smallest absolute Gasteiger partial charge is 0.157 e. The van der Waals surface area contributed by atoms with Crippen molar-refractivity contribution in [1.82, 2.24) is 0 Å². The van der Waals surface area contributed by atoms with Gasteiger partial charge in [0, 0.05) is 0 Å². The molecule has 0 saturated carbocycles. The van der Waals surface area contributed by atoms with Crippen LogP contribution in [0, 0.1) is 11.3 Å². The van der Waals surface area contributed by atoms with Crippen molar-refractivity contribution < 1.29 is 9.47 Å². The van der Waals surface area contributed by atoms with Crippen LogP contribution in [0.15, 0.2) is 0 Å². The molecule has 0 aliphatic carbocycles. The first kappa shape index (κ1) is 13.0. The first-order valence-electron chi connectivity index (χ1n) is 6.16. The van der Waals surface area contributed by atoms with Crippen LogP contribution in [0.5, 0.6) is 0 Å². The van der Waals surface area contributed by atoms with Crippen LogP contribution in [-0.2, 0) is 9.47 Å². The van der Waals surface area contributed by atoms with Crippen molar-refractivity contribution in [2.45, 2.75) is 66.3 Å². The second-order valence-electron chi connectivity index (χ2n) is 6.08. The van der Waals surface area contributed by atoms with Gasteiger partial charge >= 0.3 is 0 Å². The van der Waals surface area contributed by atoms with E-state index < -0.39 is 0 Å². The molecule has 2 heteroatoms. The lowest BCUT2D eigenvalue weighted by Crippen LogP contribution is -2.38. The molecule has 0 spiro atoms. The average Bonchev–Trinajstić information content (AvgIpc) is 2.14. The minimum Gasteiger partial charge on any atom is -0.352 e. The van der Waals surface area contributed by atoms with Crippen molar-refractivity contribution in [1.29, 1.82) is 0 Å². The molecule has 0 aromatic rings. The van der Waals surface area contributed by atoms with E-state index in [1.165, 1.54) is 12.8 Å². The van der Waals surface area contributed by atoms with E-state index in [1.807, 2.05) is 0 Å². The summed E-state index contributed by atoms with van der Waals surface area (Å²) in [6.07, 6.45) is 3.84. The minimum atomic E-state index is 0.0328. The second-order valence-corrected chi connectivity index (χ2v) is 6.08. The van der Waals surface area contributed by atoms with Crippen LogP contribution in [0.25, 0.3) is 0 Å². The summed E-state index contributed by atoms with van der Waals surface area (Å²) in [5, 5.41) is 0. The summed E-state index contributed by atoms with van der Waals surface area (Å²) in [5.74, 6) is 0.587. The van der Waals surface area contributed by atoms with Crippen molar-refractivity contribution in [3.63, 3.8) is 0 Å². The maximum Gasteiger partial charge on any atom is 0.157 e. The Kier molecular flexibility index (Phi) is 4.60. The molecule has 1 heterocycles. The van der Waals surface area contributed by atoms with Gasteiger partial charge in [-0.1, -0.05) is 34.6 Å². The zero-order valence-corrected chi connectivity index (χ0v) is 10.9. The minimum absolute atomic E-state index is 0.0328. The molecule has 1 fully saturated rings. The van der Waals surface area contributed by atoms with Gasteiger partial charge in [-0.05, 0) is 30.6 Å². The van der Waals surface area contributed by atoms with Gasteiger partial charge in [0.05, 0.1) is 12.7 Å². The van der Waals surface area contributed by atoms with Crippen LogP contribution < -0.4 is 0 Å². The van der Waals surface area contributed by atoms with E-state index >= 15 is 0 Å². The van der Waals surface area contributed by atoms with Crippen LogP contribution in [-0.4, -0.2) is 19.0 Å². The third kappa shape index (κ3) is 4.52. The highest BCUT2D eigenvalue weighted by Gasteiger charge is 2.31. The monoisotopic (exact) mass is 214 g/mol. The Labute approximate surface area is 94.3 Å². The van der Waals surface area contributed by atoms with Crippen molar-refractivity contribution in [2.24, 2.45) is 11.3 Å². The van der Waals surface area contributed by atoms with E-state index in [1.54, 1.807) is 0 Å². The molecule has 0 aromatic heterocycles. The highest BCUT2D eigenvalue weighted by atomic mass is 16.7. The van der Waals surface area contributed by atoms with Crippen LogP contribution in [0.1, 0.15) is 53.9 Å². The van der Waals surface area contributed by atoms with E-state index in [9.17, 15) is 0 Å². The Morgan fingerprint density at radius 1 is 1.27 bits per heavy atom. The normalized spacial score (nSPS) is 28.4. The lowest BCUT2D eigenvalue weighted by Gasteiger charge is -2.37. The molecule has 15 heavy (non-hydrogen) atoms. The molecule has 2 nitrogen and oxygen atoms in total. The van der Waals surface area contributed by atoms with E-state index in [-0.39, 0.29) is 11.7 Å². The summed E-state index contributed by atoms with van der Waals surface area (Å²) < 4.78 is 11.7. The molecule has 1 aliphatic rings. The van der Waals surface area contributed by atoms with Crippen LogP contribution >= 0.6 is 0 Å². The van der Waals surface area contributed by atoms with Crippen molar-refractivity contribution in [3.05, 3.63) is 0 Å². The molecule has 0 N–H and O–H groups in total. The molecule has 0 radical (unpaired) electrons. The van der Waals surface area contributed by atoms with E-state index in [0.717, 1.165) is 13.0 Å². The van der Waals surface area contributed by atoms with E-state index in [4.69, 9.17) is 9.47 Å². The van der Waals surface area contributed by atoms with Crippen molar-refractivity contribution >= 4 is 0 Å². The fraction of sp³-hybridized carbons (Fsp3) is 1.00. The Balaban J connectivity index is 2.36. The van der Waals surface area contributed by atoms with Gasteiger partial charge < -0.3 is 9.47 Å². The van der Waals surface area contributed by atoms with Crippen LogP contribution in [0.4, 0.5) is 0 Å². The molecular weight excluding hydrogens is 188 g/mol. The fourth-order valence-electron chi connectivity index (χ4n) is 1.85. The highest BCUT2D eigenvalue weighted by molar-refractivity contribution is 4.78. The Morgan fingerprint density at radius 3 is 2.47 bits per heavy atom. The van der Waals surface area contributed by atoms with Gasteiger partial charge in [0.25, 0.3) is 0 Å². The molecule has 1 aliphatic heterocycles. The molecule has 1 rings (SSSR count). The Hall–Kier alpha value is -0.0800. The quantitative estimate of drug-likeness (QED) is 0.714. The van der Waals surface area contributed by atoms with E-state index in [2.05, 4.69) is 34.6 Å². The summed E-state index contributed by atoms with van der Waals surface area (Å²) in [7, 11) is 0. The first-order valence-corrected chi connectivity index (χ1v) is 6.16. The van der Waals surface area contributed by atoms with Gasteiger partial charge in [-0.25, -0.2) is 0 Å². The SMILES string of the molecule is CC(C)CO[C@@H]1CCC[C@@H](C(C)(C)C)O1.